The van der Waals surface area contributed by atoms with Gasteiger partial charge in [-0.15, -0.1) is 11.3 Å². The Bertz CT molecular complexity index is 552. The Morgan fingerprint density at radius 3 is 2.39 bits per heavy atom. The van der Waals surface area contributed by atoms with Crippen molar-refractivity contribution < 1.29 is 0 Å². The third-order valence-corrected chi connectivity index (χ3v) is 3.71. The molecular formula is C14H19N3S. The zero-order chi connectivity index (χ0) is 13.3. The summed E-state index contributed by atoms with van der Waals surface area (Å²) in [4.78, 5) is 9.22. The number of nitrogens with one attached hydrogen (secondary N) is 1. The molecule has 2 rings (SSSR count). The molecule has 0 fully saturated rings. The molecule has 0 radical (unpaired) electrons. The molecule has 96 valence electrons. The molecule has 0 aliphatic heterocycles. The summed E-state index contributed by atoms with van der Waals surface area (Å²) in [5, 5.41) is 6.06. The number of nitrogens with zero attached hydrogens (tertiary/aromatic N) is 2. The van der Waals surface area contributed by atoms with E-state index < -0.39 is 0 Å². The van der Waals surface area contributed by atoms with Crippen molar-refractivity contribution in [3.63, 3.8) is 0 Å². The van der Waals surface area contributed by atoms with Crippen molar-refractivity contribution in [2.75, 3.05) is 12.4 Å². The molecule has 0 atom stereocenters. The lowest BCUT2D eigenvalue weighted by atomic mass is 9.91. The summed E-state index contributed by atoms with van der Waals surface area (Å²) in [5.41, 5.74) is 4.35. The van der Waals surface area contributed by atoms with Gasteiger partial charge in [-0.1, -0.05) is 20.8 Å². The van der Waals surface area contributed by atoms with E-state index in [4.69, 9.17) is 4.98 Å². The van der Waals surface area contributed by atoms with E-state index in [0.29, 0.717) is 0 Å². The molecule has 0 aliphatic carbocycles. The van der Waals surface area contributed by atoms with Crippen molar-refractivity contribution in [2.45, 2.75) is 33.1 Å². The SMILES string of the molecule is CNc1nc(-c2ccc(C(C)(C)C)nc2C)cs1. The molecule has 2 aromatic heterocycles. The van der Waals surface area contributed by atoms with Gasteiger partial charge in [0, 0.05) is 34.8 Å². The fourth-order valence-corrected chi connectivity index (χ4v) is 2.43. The van der Waals surface area contributed by atoms with Crippen molar-refractivity contribution in [3.05, 3.63) is 28.9 Å². The van der Waals surface area contributed by atoms with Gasteiger partial charge in [0.2, 0.25) is 0 Å². The third kappa shape index (κ3) is 2.53. The Balaban J connectivity index is 2.41. The summed E-state index contributed by atoms with van der Waals surface area (Å²) >= 11 is 1.61. The van der Waals surface area contributed by atoms with Crippen LogP contribution in [0.25, 0.3) is 11.3 Å². The first-order valence-corrected chi connectivity index (χ1v) is 6.91. The summed E-state index contributed by atoms with van der Waals surface area (Å²) in [6.07, 6.45) is 0. The smallest absolute Gasteiger partial charge is 0.182 e. The topological polar surface area (TPSA) is 37.8 Å². The van der Waals surface area contributed by atoms with Crippen LogP contribution in [0.3, 0.4) is 0 Å². The molecule has 4 heteroatoms. The van der Waals surface area contributed by atoms with Gasteiger partial charge in [0.15, 0.2) is 5.13 Å². The van der Waals surface area contributed by atoms with Crippen LogP contribution in [0.4, 0.5) is 5.13 Å². The molecule has 0 saturated carbocycles. The van der Waals surface area contributed by atoms with Gasteiger partial charge in [-0.2, -0.15) is 0 Å². The third-order valence-electron chi connectivity index (χ3n) is 2.85. The zero-order valence-corrected chi connectivity index (χ0v) is 12.4. The lowest BCUT2D eigenvalue weighted by Gasteiger charge is -2.18. The van der Waals surface area contributed by atoms with Crippen LogP contribution in [0.5, 0.6) is 0 Å². The minimum atomic E-state index is 0.0848. The van der Waals surface area contributed by atoms with Gasteiger partial charge < -0.3 is 5.32 Å². The summed E-state index contributed by atoms with van der Waals surface area (Å²) in [7, 11) is 1.89. The molecule has 0 aromatic carbocycles. The van der Waals surface area contributed by atoms with E-state index in [2.05, 4.69) is 48.6 Å². The minimum Gasteiger partial charge on any atom is -0.365 e. The standard InChI is InChI=1S/C14H19N3S/c1-9-10(11-8-18-13(15-5)17-11)6-7-12(16-9)14(2,3)4/h6-8H,1-5H3,(H,15,17). The van der Waals surface area contributed by atoms with Gasteiger partial charge in [0.05, 0.1) is 5.69 Å². The number of thiazole rings is 1. The number of aromatic nitrogens is 2. The molecule has 0 unspecified atom stereocenters. The second-order valence-electron chi connectivity index (χ2n) is 5.37. The Morgan fingerprint density at radius 1 is 1.17 bits per heavy atom. The average molecular weight is 261 g/mol. The highest BCUT2D eigenvalue weighted by atomic mass is 32.1. The van der Waals surface area contributed by atoms with Gasteiger partial charge in [-0.3, -0.25) is 4.98 Å². The largest absolute Gasteiger partial charge is 0.365 e. The molecule has 18 heavy (non-hydrogen) atoms. The molecular weight excluding hydrogens is 242 g/mol. The van der Waals surface area contributed by atoms with Gasteiger partial charge in [0.25, 0.3) is 0 Å². The molecule has 0 amide bonds. The Kier molecular flexibility index (Phi) is 3.39. The van der Waals surface area contributed by atoms with Crippen molar-refractivity contribution in [3.8, 4) is 11.3 Å². The van der Waals surface area contributed by atoms with Crippen LogP contribution in [-0.2, 0) is 5.41 Å². The van der Waals surface area contributed by atoms with E-state index in [0.717, 1.165) is 27.8 Å². The van der Waals surface area contributed by atoms with Gasteiger partial charge in [0.1, 0.15) is 0 Å². The molecule has 2 heterocycles. The van der Waals surface area contributed by atoms with Crippen LogP contribution in [0.15, 0.2) is 17.5 Å². The van der Waals surface area contributed by atoms with E-state index >= 15 is 0 Å². The maximum absolute atomic E-state index is 4.70. The zero-order valence-electron chi connectivity index (χ0n) is 11.5. The first-order chi connectivity index (χ1) is 8.41. The molecule has 0 bridgehead atoms. The molecule has 0 spiro atoms. The normalized spacial score (nSPS) is 11.6. The van der Waals surface area contributed by atoms with Crippen molar-refractivity contribution >= 4 is 16.5 Å². The van der Waals surface area contributed by atoms with E-state index in [1.54, 1.807) is 11.3 Å². The van der Waals surface area contributed by atoms with Crippen LogP contribution < -0.4 is 5.32 Å². The quantitative estimate of drug-likeness (QED) is 0.892. The molecule has 0 aliphatic rings. The Labute approximate surface area is 112 Å². The number of anilines is 1. The van der Waals surface area contributed by atoms with E-state index in [1.165, 1.54) is 0 Å². The first kappa shape index (κ1) is 13.0. The van der Waals surface area contributed by atoms with E-state index in [9.17, 15) is 0 Å². The second kappa shape index (κ2) is 4.69. The highest BCUT2D eigenvalue weighted by molar-refractivity contribution is 7.14. The summed E-state index contributed by atoms with van der Waals surface area (Å²) in [6.45, 7) is 8.58. The van der Waals surface area contributed by atoms with E-state index in [1.807, 2.05) is 14.0 Å². The van der Waals surface area contributed by atoms with Crippen LogP contribution in [0, 0.1) is 6.92 Å². The first-order valence-electron chi connectivity index (χ1n) is 6.03. The van der Waals surface area contributed by atoms with Crippen molar-refractivity contribution in [1.29, 1.82) is 0 Å². The summed E-state index contributed by atoms with van der Waals surface area (Å²) < 4.78 is 0. The second-order valence-corrected chi connectivity index (χ2v) is 6.23. The van der Waals surface area contributed by atoms with Gasteiger partial charge in [-0.25, -0.2) is 4.98 Å². The number of aryl methyl sites for hydroxylation is 1. The van der Waals surface area contributed by atoms with Crippen LogP contribution in [0.2, 0.25) is 0 Å². The fraction of sp³-hybridized carbons (Fsp3) is 0.429. The highest BCUT2D eigenvalue weighted by Crippen LogP contribution is 2.29. The maximum Gasteiger partial charge on any atom is 0.182 e. The molecule has 0 saturated heterocycles. The van der Waals surface area contributed by atoms with Crippen LogP contribution in [-0.4, -0.2) is 17.0 Å². The number of pyridine rings is 1. The minimum absolute atomic E-state index is 0.0848. The summed E-state index contributed by atoms with van der Waals surface area (Å²) in [6, 6.07) is 4.22. The number of rotatable bonds is 2. The summed E-state index contributed by atoms with van der Waals surface area (Å²) in [5.74, 6) is 0. The van der Waals surface area contributed by atoms with Crippen LogP contribution >= 0.6 is 11.3 Å². The molecule has 3 nitrogen and oxygen atoms in total. The lowest BCUT2D eigenvalue weighted by molar-refractivity contribution is 0.567. The number of hydrogen-bond acceptors (Lipinski definition) is 4. The number of hydrogen-bond donors (Lipinski definition) is 1. The predicted octanol–water partition coefficient (Wildman–Crippen LogP) is 3.85. The van der Waals surface area contributed by atoms with Crippen molar-refractivity contribution in [2.24, 2.45) is 0 Å². The Morgan fingerprint density at radius 2 is 1.89 bits per heavy atom. The average Bonchev–Trinajstić information content (AvgIpc) is 2.76. The van der Waals surface area contributed by atoms with Crippen LogP contribution in [0.1, 0.15) is 32.2 Å². The van der Waals surface area contributed by atoms with E-state index in [-0.39, 0.29) is 5.41 Å². The Hall–Kier alpha value is -1.42. The fourth-order valence-electron chi connectivity index (χ4n) is 1.76. The predicted molar refractivity (Wildman–Crippen MR) is 78.3 cm³/mol. The van der Waals surface area contributed by atoms with Gasteiger partial charge in [-0.05, 0) is 19.1 Å². The van der Waals surface area contributed by atoms with Gasteiger partial charge >= 0.3 is 0 Å². The maximum atomic E-state index is 4.70. The van der Waals surface area contributed by atoms with Crippen molar-refractivity contribution in [1.82, 2.24) is 9.97 Å². The lowest BCUT2D eigenvalue weighted by Crippen LogP contribution is -2.14. The molecule has 2 aromatic rings. The highest BCUT2D eigenvalue weighted by Gasteiger charge is 2.17. The monoisotopic (exact) mass is 261 g/mol. The molecule has 1 N–H and O–H groups in total.